The maximum Gasteiger partial charge on any atom is 0.295 e. The summed E-state index contributed by atoms with van der Waals surface area (Å²) in [7, 11) is 7.42. The minimum Gasteiger partial charge on any atom is -0.493 e. The van der Waals surface area contributed by atoms with E-state index in [4.69, 9.17) is 28.4 Å². The fraction of sp³-hybridized carbons (Fsp3) is 0.464. The monoisotopic (exact) mass is 544 g/mol. The van der Waals surface area contributed by atoms with Gasteiger partial charge in [-0.25, -0.2) is 0 Å². The maximum absolute atomic E-state index is 13.4. The molecule has 1 saturated heterocycles. The van der Waals surface area contributed by atoms with Gasteiger partial charge in [0, 0.05) is 30.8 Å². The van der Waals surface area contributed by atoms with Crippen molar-refractivity contribution in [2.75, 3.05) is 55.2 Å². The number of hydrogen-bond acceptors (Lipinski definition) is 10. The van der Waals surface area contributed by atoms with Gasteiger partial charge in [0.05, 0.1) is 41.6 Å². The predicted molar refractivity (Wildman–Crippen MR) is 143 cm³/mol. The van der Waals surface area contributed by atoms with Crippen LogP contribution in [0.2, 0.25) is 0 Å². The topological polar surface area (TPSA) is 122 Å². The lowest BCUT2D eigenvalue weighted by molar-refractivity contribution is -0.136. The molecule has 0 spiro atoms. The van der Waals surface area contributed by atoms with E-state index in [-0.39, 0.29) is 23.1 Å². The summed E-state index contributed by atoms with van der Waals surface area (Å²) in [5, 5.41) is 3.28. The van der Waals surface area contributed by atoms with Crippen LogP contribution in [0.25, 0.3) is 0 Å². The molecule has 1 heterocycles. The first-order valence-electron chi connectivity index (χ1n) is 12.6. The summed E-state index contributed by atoms with van der Waals surface area (Å²) >= 11 is 0. The van der Waals surface area contributed by atoms with E-state index < -0.39 is 17.7 Å². The Hall–Kier alpha value is -3.99. The number of likely N-dealkylation sites (tertiary alicyclic amines) is 1. The van der Waals surface area contributed by atoms with Crippen LogP contribution >= 0.6 is 0 Å². The molecule has 0 aromatic heterocycles. The number of methoxy groups -OCH3 is 5. The van der Waals surface area contributed by atoms with E-state index in [9.17, 15) is 14.4 Å². The Morgan fingerprint density at radius 3 is 2.15 bits per heavy atom. The first-order valence-corrected chi connectivity index (χ1v) is 12.6. The number of piperidine rings is 1. The lowest BCUT2D eigenvalue weighted by Crippen LogP contribution is -2.56. The summed E-state index contributed by atoms with van der Waals surface area (Å²) in [5.74, 6) is 1.11. The molecule has 0 radical (unpaired) electrons. The minimum absolute atomic E-state index is 0.0831. The second-order valence-corrected chi connectivity index (χ2v) is 8.81. The summed E-state index contributed by atoms with van der Waals surface area (Å²) in [6.45, 7) is 1.24. The van der Waals surface area contributed by atoms with Crippen molar-refractivity contribution < 1.29 is 42.8 Å². The number of ether oxygens (including phenoxy) is 6. The van der Waals surface area contributed by atoms with Crippen LogP contribution in [0.1, 0.15) is 29.6 Å². The van der Waals surface area contributed by atoms with Gasteiger partial charge in [0.25, 0.3) is 11.7 Å². The number of nitrogens with zero attached hydrogens (tertiary/aromatic N) is 1. The van der Waals surface area contributed by atoms with Gasteiger partial charge in [0.1, 0.15) is 18.6 Å². The lowest BCUT2D eigenvalue weighted by atomic mass is 9.94. The van der Waals surface area contributed by atoms with E-state index >= 15 is 0 Å². The third-order valence-corrected chi connectivity index (χ3v) is 6.58. The number of rotatable bonds is 14. The molecule has 1 N–H and O–H groups in total. The number of amides is 1. The third-order valence-electron chi connectivity index (χ3n) is 6.58. The Morgan fingerprint density at radius 1 is 0.897 bits per heavy atom. The Kier molecular flexibility index (Phi) is 10.8. The van der Waals surface area contributed by atoms with Crippen LogP contribution in [0.5, 0.6) is 34.5 Å². The van der Waals surface area contributed by atoms with E-state index in [1.54, 1.807) is 32.4 Å². The van der Waals surface area contributed by atoms with Crippen LogP contribution in [-0.4, -0.2) is 90.2 Å². The van der Waals surface area contributed by atoms with Crippen molar-refractivity contribution in [1.82, 2.24) is 10.2 Å². The average molecular weight is 545 g/mol. The van der Waals surface area contributed by atoms with Crippen molar-refractivity contribution in [1.29, 1.82) is 0 Å². The van der Waals surface area contributed by atoms with Gasteiger partial charge in [0.15, 0.2) is 23.0 Å². The molecule has 1 fully saturated rings. The standard InChI is InChI=1S/C28H36N2O9/c1-34-22-10-9-21(15-23(22)35-2)39-12-11-29-16-19-7-6-8-20(17-31)30(19)28(33)26(32)18-13-24(36-3)27(38-5)25(14-18)37-4/h9-10,13-15,17,19-20,29H,6-8,11-12,16H2,1-5H3. The van der Waals surface area contributed by atoms with E-state index in [0.29, 0.717) is 55.5 Å². The molecule has 2 atom stereocenters. The van der Waals surface area contributed by atoms with Gasteiger partial charge in [-0.1, -0.05) is 0 Å². The van der Waals surface area contributed by atoms with Gasteiger partial charge < -0.3 is 43.4 Å². The van der Waals surface area contributed by atoms with Crippen molar-refractivity contribution in [2.45, 2.75) is 31.3 Å². The van der Waals surface area contributed by atoms with Crippen LogP contribution in [-0.2, 0) is 9.59 Å². The molecule has 2 aromatic rings. The highest BCUT2D eigenvalue weighted by molar-refractivity contribution is 6.43. The van der Waals surface area contributed by atoms with Gasteiger partial charge in [-0.2, -0.15) is 0 Å². The van der Waals surface area contributed by atoms with Crippen molar-refractivity contribution in [3.05, 3.63) is 35.9 Å². The molecule has 11 nitrogen and oxygen atoms in total. The quantitative estimate of drug-likeness (QED) is 0.164. The zero-order chi connectivity index (χ0) is 28.4. The number of nitrogens with one attached hydrogen (secondary N) is 1. The second kappa shape index (κ2) is 14.2. The molecule has 1 aliphatic rings. The molecule has 212 valence electrons. The molecular weight excluding hydrogens is 508 g/mol. The lowest BCUT2D eigenvalue weighted by Gasteiger charge is -2.39. The highest BCUT2D eigenvalue weighted by atomic mass is 16.5. The Morgan fingerprint density at radius 2 is 1.56 bits per heavy atom. The SMILES string of the molecule is COc1ccc(OCCNCC2CCCC(C=O)N2C(=O)C(=O)c2cc(OC)c(OC)c(OC)c2)cc1OC. The highest BCUT2D eigenvalue weighted by Crippen LogP contribution is 2.38. The number of carbonyl (C=O) groups is 3. The zero-order valence-corrected chi connectivity index (χ0v) is 23.0. The van der Waals surface area contributed by atoms with Crippen LogP contribution in [0.15, 0.2) is 30.3 Å². The fourth-order valence-electron chi connectivity index (χ4n) is 4.63. The van der Waals surface area contributed by atoms with E-state index in [2.05, 4.69) is 5.32 Å². The molecule has 11 heteroatoms. The first-order chi connectivity index (χ1) is 18.9. The van der Waals surface area contributed by atoms with Crippen molar-refractivity contribution in [2.24, 2.45) is 0 Å². The molecule has 2 unspecified atom stereocenters. The van der Waals surface area contributed by atoms with Gasteiger partial charge in [0.2, 0.25) is 5.75 Å². The fourth-order valence-corrected chi connectivity index (χ4v) is 4.63. The van der Waals surface area contributed by atoms with Gasteiger partial charge in [-0.15, -0.1) is 0 Å². The van der Waals surface area contributed by atoms with Crippen molar-refractivity contribution >= 4 is 18.0 Å². The van der Waals surface area contributed by atoms with Gasteiger partial charge in [-0.05, 0) is 43.5 Å². The normalized spacial score (nSPS) is 16.7. The Labute approximate surface area is 228 Å². The van der Waals surface area contributed by atoms with Crippen LogP contribution < -0.4 is 33.7 Å². The molecule has 3 rings (SSSR count). The molecule has 2 aromatic carbocycles. The molecule has 1 amide bonds. The summed E-state index contributed by atoms with van der Waals surface area (Å²) in [5.41, 5.74) is 0.0831. The molecule has 39 heavy (non-hydrogen) atoms. The Bertz CT molecular complexity index is 1130. The van der Waals surface area contributed by atoms with Crippen LogP contribution in [0.3, 0.4) is 0 Å². The number of ketones is 1. The first kappa shape index (κ1) is 29.6. The number of aldehydes is 1. The largest absolute Gasteiger partial charge is 0.493 e. The second-order valence-electron chi connectivity index (χ2n) is 8.81. The van der Waals surface area contributed by atoms with Crippen molar-refractivity contribution in [3.8, 4) is 34.5 Å². The molecule has 0 aliphatic carbocycles. The maximum atomic E-state index is 13.4. The number of benzene rings is 2. The number of carbonyl (C=O) groups excluding carboxylic acids is 3. The highest BCUT2D eigenvalue weighted by Gasteiger charge is 2.37. The third kappa shape index (κ3) is 6.91. The molecular formula is C28H36N2O9. The molecule has 1 aliphatic heterocycles. The summed E-state index contributed by atoms with van der Waals surface area (Å²) in [6, 6.07) is 7.12. The molecule has 0 saturated carbocycles. The average Bonchev–Trinajstić information content (AvgIpc) is 2.98. The minimum atomic E-state index is -0.759. The smallest absolute Gasteiger partial charge is 0.295 e. The summed E-state index contributed by atoms with van der Waals surface area (Å²) in [6.07, 6.45) is 2.64. The number of hydrogen-bond donors (Lipinski definition) is 1. The van der Waals surface area contributed by atoms with Gasteiger partial charge in [-0.3, -0.25) is 9.59 Å². The Balaban J connectivity index is 1.66. The zero-order valence-electron chi connectivity index (χ0n) is 23.0. The van der Waals surface area contributed by atoms with Crippen molar-refractivity contribution in [3.63, 3.8) is 0 Å². The molecule has 0 bridgehead atoms. The summed E-state index contributed by atoms with van der Waals surface area (Å²) in [4.78, 5) is 40.0. The van der Waals surface area contributed by atoms with E-state index in [0.717, 1.165) is 12.7 Å². The summed E-state index contributed by atoms with van der Waals surface area (Å²) < 4.78 is 32.3. The predicted octanol–water partition coefficient (Wildman–Crippen LogP) is 2.53. The van der Waals surface area contributed by atoms with Crippen LogP contribution in [0, 0.1) is 0 Å². The van der Waals surface area contributed by atoms with E-state index in [1.807, 2.05) is 0 Å². The van der Waals surface area contributed by atoms with Gasteiger partial charge >= 0.3 is 0 Å². The van der Waals surface area contributed by atoms with Crippen LogP contribution in [0.4, 0.5) is 0 Å². The van der Waals surface area contributed by atoms with E-state index in [1.165, 1.54) is 38.4 Å². The number of Topliss-reactive ketones (excluding diaryl/α,β-unsaturated/α-hetero) is 1.